The summed E-state index contributed by atoms with van der Waals surface area (Å²) in [6, 6.07) is 8.24. The number of fused-ring (bicyclic) bond motifs is 1. The molecule has 2 aromatic heterocycles. The molecule has 1 saturated carbocycles. The van der Waals surface area contributed by atoms with E-state index in [2.05, 4.69) is 66.2 Å². The molecule has 0 radical (unpaired) electrons. The zero-order valence-corrected chi connectivity index (χ0v) is 19.4. The minimum Gasteiger partial charge on any atom is -0.322 e. The van der Waals surface area contributed by atoms with E-state index in [1.165, 1.54) is 24.8 Å². The van der Waals surface area contributed by atoms with Gasteiger partial charge >= 0.3 is 0 Å². The molecule has 3 aromatic rings. The minimum atomic E-state index is -0.308. The van der Waals surface area contributed by atoms with Gasteiger partial charge in [0.2, 0.25) is 0 Å². The fourth-order valence-corrected chi connectivity index (χ4v) is 4.73. The third-order valence-corrected chi connectivity index (χ3v) is 7.06. The predicted molar refractivity (Wildman–Crippen MR) is 123 cm³/mol. The van der Waals surface area contributed by atoms with Crippen molar-refractivity contribution in [2.75, 3.05) is 7.05 Å². The van der Waals surface area contributed by atoms with Crippen molar-refractivity contribution < 1.29 is 0 Å². The van der Waals surface area contributed by atoms with Gasteiger partial charge in [0.1, 0.15) is 6.04 Å². The summed E-state index contributed by atoms with van der Waals surface area (Å²) in [4.78, 5) is 18.7. The Morgan fingerprint density at radius 2 is 1.97 bits per heavy atom. The van der Waals surface area contributed by atoms with Crippen LogP contribution in [0.15, 0.2) is 29.1 Å². The number of nitrogens with zero attached hydrogens (tertiary/aromatic N) is 5. The maximum Gasteiger partial charge on any atom is 0.253 e. The van der Waals surface area contributed by atoms with Crippen LogP contribution in [-0.2, 0) is 5.54 Å². The summed E-state index contributed by atoms with van der Waals surface area (Å²) < 4.78 is 1.91. The summed E-state index contributed by atoms with van der Waals surface area (Å²) >= 11 is 0. The smallest absolute Gasteiger partial charge is 0.253 e. The van der Waals surface area contributed by atoms with E-state index in [0.29, 0.717) is 11.6 Å². The number of aryl methyl sites for hydroxylation is 1. The van der Waals surface area contributed by atoms with Crippen molar-refractivity contribution in [2.24, 2.45) is 0 Å². The molecule has 4 rings (SSSR count). The van der Waals surface area contributed by atoms with Crippen LogP contribution < -0.4 is 5.56 Å². The van der Waals surface area contributed by atoms with Crippen molar-refractivity contribution in [3.05, 3.63) is 51.6 Å². The molecule has 1 fully saturated rings. The maximum atomic E-state index is 13.3. The zero-order chi connectivity index (χ0) is 22.2. The van der Waals surface area contributed by atoms with Gasteiger partial charge < -0.3 is 4.98 Å². The van der Waals surface area contributed by atoms with Crippen molar-refractivity contribution in [3.8, 4) is 0 Å². The number of nitrogens with one attached hydrogen (secondary N) is 1. The number of H-pyrrole nitrogens is 1. The van der Waals surface area contributed by atoms with Crippen molar-refractivity contribution in [3.63, 3.8) is 0 Å². The molecule has 166 valence electrons. The van der Waals surface area contributed by atoms with Crippen LogP contribution in [0.3, 0.4) is 0 Å². The highest BCUT2D eigenvalue weighted by Crippen LogP contribution is 2.34. The third kappa shape index (κ3) is 4.15. The number of tetrazole rings is 1. The highest BCUT2D eigenvalue weighted by molar-refractivity contribution is 5.79. The second-order valence-corrected chi connectivity index (χ2v) is 9.62. The number of hydrogen-bond donors (Lipinski definition) is 1. The van der Waals surface area contributed by atoms with Crippen LogP contribution in [0, 0.1) is 6.92 Å². The molecule has 1 N–H and O–H groups in total. The molecule has 31 heavy (non-hydrogen) atoms. The van der Waals surface area contributed by atoms with E-state index in [-0.39, 0.29) is 17.1 Å². The molecule has 0 saturated heterocycles. The summed E-state index contributed by atoms with van der Waals surface area (Å²) in [5, 5.41) is 13.9. The van der Waals surface area contributed by atoms with Crippen LogP contribution >= 0.6 is 0 Å². The molecule has 0 amide bonds. The Hall–Kier alpha value is -2.54. The Morgan fingerprint density at radius 1 is 1.23 bits per heavy atom. The lowest BCUT2D eigenvalue weighted by Crippen LogP contribution is -2.42. The number of rotatable bonds is 6. The molecule has 1 atom stereocenters. The van der Waals surface area contributed by atoms with Gasteiger partial charge in [0.25, 0.3) is 5.56 Å². The van der Waals surface area contributed by atoms with E-state index < -0.39 is 0 Å². The lowest BCUT2D eigenvalue weighted by atomic mass is 9.91. The van der Waals surface area contributed by atoms with Gasteiger partial charge in [-0.3, -0.25) is 9.69 Å². The molecular weight excluding hydrogens is 388 g/mol. The first-order valence-corrected chi connectivity index (χ1v) is 11.5. The summed E-state index contributed by atoms with van der Waals surface area (Å²) in [5.74, 6) is 0.734. The Balaban J connectivity index is 1.90. The molecule has 0 bridgehead atoms. The summed E-state index contributed by atoms with van der Waals surface area (Å²) in [5.41, 5.74) is 2.40. The van der Waals surface area contributed by atoms with Crippen molar-refractivity contribution in [1.82, 2.24) is 30.1 Å². The third-order valence-electron chi connectivity index (χ3n) is 7.06. The van der Waals surface area contributed by atoms with Crippen LogP contribution in [0.4, 0.5) is 0 Å². The first kappa shape index (κ1) is 21.7. The highest BCUT2D eigenvalue weighted by Gasteiger charge is 2.35. The number of pyridine rings is 1. The van der Waals surface area contributed by atoms with Crippen LogP contribution in [-0.4, -0.2) is 43.2 Å². The van der Waals surface area contributed by atoms with Gasteiger partial charge in [0, 0.05) is 17.1 Å². The zero-order valence-electron chi connectivity index (χ0n) is 19.4. The number of aromatic amines is 1. The van der Waals surface area contributed by atoms with Gasteiger partial charge in [-0.05, 0) is 81.1 Å². The van der Waals surface area contributed by atoms with Crippen molar-refractivity contribution in [2.45, 2.75) is 83.8 Å². The van der Waals surface area contributed by atoms with Gasteiger partial charge in [-0.1, -0.05) is 37.8 Å². The lowest BCUT2D eigenvalue weighted by molar-refractivity contribution is 0.142. The van der Waals surface area contributed by atoms with E-state index in [9.17, 15) is 4.79 Å². The Kier molecular flexibility index (Phi) is 5.97. The van der Waals surface area contributed by atoms with Gasteiger partial charge in [-0.25, -0.2) is 4.68 Å². The van der Waals surface area contributed by atoms with Crippen LogP contribution in [0.25, 0.3) is 10.9 Å². The maximum absolute atomic E-state index is 13.3. The Morgan fingerprint density at radius 3 is 2.68 bits per heavy atom. The fourth-order valence-electron chi connectivity index (χ4n) is 4.73. The SMILES string of the molecule is CCC(C)(C)n1nnnc1C(c1cc2cc(C)ccc2[nH]c1=O)N(C)C1CCCCC1. The fraction of sp³-hybridized carbons (Fsp3) is 0.583. The van der Waals surface area contributed by atoms with Gasteiger partial charge in [0.15, 0.2) is 5.82 Å². The molecule has 0 spiro atoms. The molecule has 1 aliphatic carbocycles. The van der Waals surface area contributed by atoms with Gasteiger partial charge in [-0.2, -0.15) is 0 Å². The summed E-state index contributed by atoms with van der Waals surface area (Å²) in [6.07, 6.45) is 6.89. The van der Waals surface area contributed by atoms with E-state index >= 15 is 0 Å². The highest BCUT2D eigenvalue weighted by atomic mass is 16.1. The molecular formula is C24H34N6O. The number of aromatic nitrogens is 5. The lowest BCUT2D eigenvalue weighted by Gasteiger charge is -2.37. The van der Waals surface area contributed by atoms with Gasteiger partial charge in [-0.15, -0.1) is 5.10 Å². The topological polar surface area (TPSA) is 79.7 Å². The van der Waals surface area contributed by atoms with Crippen LogP contribution in [0.5, 0.6) is 0 Å². The molecule has 2 heterocycles. The van der Waals surface area contributed by atoms with Crippen LogP contribution in [0.1, 0.15) is 82.3 Å². The Labute approximate surface area is 183 Å². The van der Waals surface area contributed by atoms with Gasteiger partial charge in [0.05, 0.1) is 5.54 Å². The van der Waals surface area contributed by atoms with Crippen LogP contribution in [0.2, 0.25) is 0 Å². The van der Waals surface area contributed by atoms with E-state index in [1.807, 2.05) is 22.9 Å². The van der Waals surface area contributed by atoms with E-state index in [1.54, 1.807) is 0 Å². The molecule has 1 aliphatic rings. The second kappa shape index (κ2) is 8.54. The predicted octanol–water partition coefficient (Wildman–Crippen LogP) is 4.32. The van der Waals surface area contributed by atoms with Crippen molar-refractivity contribution in [1.29, 1.82) is 0 Å². The normalized spacial score (nSPS) is 16.8. The second-order valence-electron chi connectivity index (χ2n) is 9.62. The first-order chi connectivity index (χ1) is 14.8. The largest absolute Gasteiger partial charge is 0.322 e. The van der Waals surface area contributed by atoms with Crippen molar-refractivity contribution >= 4 is 10.9 Å². The average molecular weight is 423 g/mol. The number of benzene rings is 1. The Bertz CT molecular complexity index is 1110. The molecule has 1 aromatic carbocycles. The summed E-state index contributed by atoms with van der Waals surface area (Å²) in [7, 11) is 2.12. The quantitative estimate of drug-likeness (QED) is 0.640. The standard InChI is InChI=1S/C24H34N6O/c1-6-24(3,4)30-22(26-27-28-30)21(29(5)18-10-8-7-9-11-18)19-15-17-14-16(2)12-13-20(17)25-23(19)31/h12-15,18,21H,6-11H2,1-5H3,(H,25,31). The number of hydrogen-bond acceptors (Lipinski definition) is 5. The van der Waals surface area contributed by atoms with E-state index in [0.717, 1.165) is 36.0 Å². The molecule has 7 heteroatoms. The molecule has 0 aliphatic heterocycles. The first-order valence-electron chi connectivity index (χ1n) is 11.5. The summed E-state index contributed by atoms with van der Waals surface area (Å²) in [6.45, 7) is 8.48. The molecule has 1 unspecified atom stereocenters. The minimum absolute atomic E-state index is 0.0760. The monoisotopic (exact) mass is 422 g/mol. The average Bonchev–Trinajstić information content (AvgIpc) is 3.25. The van der Waals surface area contributed by atoms with E-state index in [4.69, 9.17) is 0 Å². The molecule has 7 nitrogen and oxygen atoms in total.